The Labute approximate surface area is 249 Å². The van der Waals surface area contributed by atoms with Crippen LogP contribution in [0.4, 0.5) is 10.1 Å². The molecule has 2 aromatic rings. The van der Waals surface area contributed by atoms with Crippen LogP contribution < -0.4 is 15.4 Å². The van der Waals surface area contributed by atoms with Crippen molar-refractivity contribution in [2.24, 2.45) is 23.7 Å². The number of halogens is 2. The lowest BCUT2D eigenvalue weighted by atomic mass is 9.73. The van der Waals surface area contributed by atoms with E-state index in [2.05, 4.69) is 24.5 Å². The second-order valence-corrected chi connectivity index (χ2v) is 12.4. The minimum atomic E-state index is -1.31. The minimum Gasteiger partial charge on any atom is -0.496 e. The zero-order valence-corrected chi connectivity index (χ0v) is 24.6. The maximum absolute atomic E-state index is 14.3. The predicted octanol–water partition coefficient (Wildman–Crippen LogP) is 4.72. The van der Waals surface area contributed by atoms with Gasteiger partial charge in [0.15, 0.2) is 0 Å². The summed E-state index contributed by atoms with van der Waals surface area (Å²) in [6.07, 6.45) is 5.87. The van der Waals surface area contributed by atoms with Gasteiger partial charge in [0.25, 0.3) is 0 Å². The Balaban J connectivity index is 1.34. The number of methoxy groups -OCH3 is 1. The first-order valence-corrected chi connectivity index (χ1v) is 14.9. The lowest BCUT2D eigenvalue weighted by molar-refractivity contribution is -0.142. The SMILES string of the molecule is COc1ccccc1CN1C(=O)[C@@H]2[C@H](C(=O)Nc3ccc(F)c(Cl)c3)[C@@H]3C=C[C@@]2(O3)[C@@H]1C(=O)N[C@@H]1CCC[C@@H](C)[C@@H]1C. The normalized spacial score (nSPS) is 33.0. The molecule has 0 radical (unpaired) electrons. The van der Waals surface area contributed by atoms with E-state index in [1.54, 1.807) is 25.3 Å². The van der Waals surface area contributed by atoms with Crippen LogP contribution in [0.25, 0.3) is 0 Å². The molecule has 0 unspecified atom stereocenters. The molecule has 4 aliphatic rings. The van der Waals surface area contributed by atoms with Crippen molar-refractivity contribution in [1.29, 1.82) is 0 Å². The molecular formula is C32H35ClFN3O5. The minimum absolute atomic E-state index is 0.0233. The third-order valence-corrected chi connectivity index (χ3v) is 9.97. The molecule has 3 fully saturated rings. The molecule has 8 nitrogen and oxygen atoms in total. The molecule has 222 valence electrons. The van der Waals surface area contributed by atoms with Gasteiger partial charge in [0.2, 0.25) is 17.7 Å². The molecule has 42 heavy (non-hydrogen) atoms. The van der Waals surface area contributed by atoms with Crippen LogP contribution in [0.1, 0.15) is 38.7 Å². The van der Waals surface area contributed by atoms with E-state index in [1.807, 2.05) is 18.2 Å². The van der Waals surface area contributed by atoms with E-state index < -0.39 is 41.3 Å². The second kappa shape index (κ2) is 11.0. The zero-order chi connectivity index (χ0) is 29.8. The monoisotopic (exact) mass is 595 g/mol. The van der Waals surface area contributed by atoms with Crippen LogP contribution in [-0.2, 0) is 25.7 Å². The van der Waals surface area contributed by atoms with Crippen molar-refractivity contribution in [3.63, 3.8) is 0 Å². The van der Waals surface area contributed by atoms with Crippen LogP contribution in [-0.4, -0.2) is 53.5 Å². The summed E-state index contributed by atoms with van der Waals surface area (Å²) >= 11 is 5.93. The molecule has 1 saturated carbocycles. The van der Waals surface area contributed by atoms with E-state index in [0.29, 0.717) is 17.4 Å². The number of carbonyl (C=O) groups is 3. The number of likely N-dealkylation sites (tertiary alicyclic amines) is 1. The molecule has 0 aromatic heterocycles. The first-order valence-electron chi connectivity index (χ1n) is 14.5. The van der Waals surface area contributed by atoms with Gasteiger partial charge in [-0.25, -0.2) is 4.39 Å². The number of benzene rings is 2. The number of carbonyl (C=O) groups excluding carboxylic acids is 3. The summed E-state index contributed by atoms with van der Waals surface area (Å²) in [5.74, 6) is -2.15. The van der Waals surface area contributed by atoms with E-state index in [4.69, 9.17) is 21.1 Å². The van der Waals surface area contributed by atoms with E-state index >= 15 is 0 Å². The van der Waals surface area contributed by atoms with Crippen molar-refractivity contribution in [2.45, 2.75) is 63.4 Å². The van der Waals surface area contributed by atoms with Crippen LogP contribution >= 0.6 is 11.6 Å². The number of rotatable bonds is 7. The van der Waals surface area contributed by atoms with Crippen LogP contribution in [0.5, 0.6) is 5.75 Å². The average molecular weight is 596 g/mol. The molecule has 2 bridgehead atoms. The van der Waals surface area contributed by atoms with Crippen LogP contribution in [0, 0.1) is 29.5 Å². The molecule has 3 amide bonds. The smallest absolute Gasteiger partial charge is 0.246 e. The second-order valence-electron chi connectivity index (χ2n) is 12.0. The Morgan fingerprint density at radius 3 is 2.71 bits per heavy atom. The van der Waals surface area contributed by atoms with E-state index in [-0.39, 0.29) is 35.3 Å². The van der Waals surface area contributed by atoms with Crippen LogP contribution in [0.15, 0.2) is 54.6 Å². The molecule has 1 aliphatic carbocycles. The van der Waals surface area contributed by atoms with Gasteiger partial charge in [-0.05, 0) is 42.5 Å². The highest BCUT2D eigenvalue weighted by molar-refractivity contribution is 6.31. The summed E-state index contributed by atoms with van der Waals surface area (Å²) in [6.45, 7) is 4.47. The summed E-state index contributed by atoms with van der Waals surface area (Å²) in [6, 6.07) is 10.2. The van der Waals surface area contributed by atoms with Crippen LogP contribution in [0.3, 0.4) is 0 Å². The number of para-hydroxylation sites is 1. The molecule has 3 heterocycles. The molecule has 2 aromatic carbocycles. The Bertz CT molecular complexity index is 1450. The summed E-state index contributed by atoms with van der Waals surface area (Å²) in [5, 5.41) is 5.91. The topological polar surface area (TPSA) is 97.0 Å². The largest absolute Gasteiger partial charge is 0.496 e. The first kappa shape index (κ1) is 28.7. The molecular weight excluding hydrogens is 561 g/mol. The van der Waals surface area contributed by atoms with Crippen molar-refractivity contribution < 1.29 is 28.2 Å². The number of amides is 3. The lowest BCUT2D eigenvalue weighted by Crippen LogP contribution is -2.57. The van der Waals surface area contributed by atoms with Crippen molar-refractivity contribution in [3.05, 3.63) is 71.0 Å². The van der Waals surface area contributed by atoms with Gasteiger partial charge in [-0.1, -0.05) is 68.6 Å². The Morgan fingerprint density at radius 2 is 1.95 bits per heavy atom. The summed E-state index contributed by atoms with van der Waals surface area (Å²) in [4.78, 5) is 43.7. The highest BCUT2D eigenvalue weighted by Gasteiger charge is 2.72. The Morgan fingerprint density at radius 1 is 1.17 bits per heavy atom. The van der Waals surface area contributed by atoms with Gasteiger partial charge >= 0.3 is 0 Å². The fraction of sp³-hybridized carbons (Fsp3) is 0.469. The van der Waals surface area contributed by atoms with Gasteiger partial charge in [0.05, 0.1) is 36.6 Å². The zero-order valence-electron chi connectivity index (χ0n) is 23.8. The van der Waals surface area contributed by atoms with E-state index in [0.717, 1.165) is 24.8 Å². The molecule has 1 spiro atoms. The van der Waals surface area contributed by atoms with Crippen molar-refractivity contribution in [3.8, 4) is 5.75 Å². The van der Waals surface area contributed by atoms with Gasteiger partial charge < -0.3 is 25.0 Å². The van der Waals surface area contributed by atoms with Crippen molar-refractivity contribution in [1.82, 2.24) is 10.2 Å². The van der Waals surface area contributed by atoms with Gasteiger partial charge in [-0.3, -0.25) is 14.4 Å². The van der Waals surface area contributed by atoms with E-state index in [9.17, 15) is 18.8 Å². The summed E-state index contributed by atoms with van der Waals surface area (Å²) in [7, 11) is 1.56. The average Bonchev–Trinajstić information content (AvgIpc) is 3.61. The quantitative estimate of drug-likeness (QED) is 0.452. The van der Waals surface area contributed by atoms with Crippen molar-refractivity contribution >= 4 is 35.0 Å². The van der Waals surface area contributed by atoms with Gasteiger partial charge in [-0.2, -0.15) is 0 Å². The fourth-order valence-corrected chi connectivity index (χ4v) is 7.48. The maximum atomic E-state index is 14.3. The molecule has 2 saturated heterocycles. The van der Waals surface area contributed by atoms with E-state index in [1.165, 1.54) is 23.1 Å². The number of nitrogens with one attached hydrogen (secondary N) is 2. The number of nitrogens with zero attached hydrogens (tertiary/aromatic N) is 1. The predicted molar refractivity (Wildman–Crippen MR) is 155 cm³/mol. The maximum Gasteiger partial charge on any atom is 0.246 e. The number of ether oxygens (including phenoxy) is 2. The molecule has 10 heteroatoms. The number of hydrogen-bond acceptors (Lipinski definition) is 5. The molecule has 6 rings (SSSR count). The van der Waals surface area contributed by atoms with Crippen LogP contribution in [0.2, 0.25) is 5.02 Å². The van der Waals surface area contributed by atoms with Gasteiger partial charge in [0, 0.05) is 17.3 Å². The lowest BCUT2D eigenvalue weighted by Gasteiger charge is -2.38. The third kappa shape index (κ3) is 4.67. The number of fused-ring (bicyclic) bond motifs is 1. The third-order valence-electron chi connectivity index (χ3n) is 9.68. The number of hydrogen-bond donors (Lipinski definition) is 2. The summed E-state index contributed by atoms with van der Waals surface area (Å²) in [5.41, 5.74) is -0.263. The fourth-order valence-electron chi connectivity index (χ4n) is 7.30. The summed E-state index contributed by atoms with van der Waals surface area (Å²) < 4.78 is 25.7. The molecule has 2 N–H and O–H groups in total. The van der Waals surface area contributed by atoms with Gasteiger partial charge in [0.1, 0.15) is 23.2 Å². The first-order chi connectivity index (χ1) is 20.1. The molecule has 3 aliphatic heterocycles. The Kier molecular flexibility index (Phi) is 7.51. The number of anilines is 1. The van der Waals surface area contributed by atoms with Crippen molar-refractivity contribution in [2.75, 3.05) is 12.4 Å². The van der Waals surface area contributed by atoms with Gasteiger partial charge in [-0.15, -0.1) is 0 Å². The highest BCUT2D eigenvalue weighted by Crippen LogP contribution is 2.55. The molecule has 8 atom stereocenters. The highest BCUT2D eigenvalue weighted by atomic mass is 35.5. The Hall–Kier alpha value is -3.43. The standard InChI is InChI=1S/C32H35ClFN3O5/c1-17-7-6-9-23(18(17)2)36-30(39)28-32-14-13-25(42-32)26(29(38)35-20-11-12-22(34)21(33)15-20)27(32)31(40)37(28)16-19-8-4-5-10-24(19)41-3/h4-5,8,10-15,17-18,23,25-28H,6-7,9,16H2,1-3H3,(H,35,38)(H,36,39)/t17-,18+,23-,25+,26-,27+,28+,32+/m1/s1.